The van der Waals surface area contributed by atoms with Gasteiger partial charge in [-0.1, -0.05) is 11.8 Å². The first kappa shape index (κ1) is 8.91. The van der Waals surface area contributed by atoms with Gasteiger partial charge < -0.3 is 0 Å². The number of thioether (sulfide) groups is 1. The molecule has 0 radical (unpaired) electrons. The second kappa shape index (κ2) is 3.60. The highest BCUT2D eigenvalue weighted by atomic mass is 32.2. The van der Waals surface area contributed by atoms with Crippen LogP contribution in [0.15, 0.2) is 15.9 Å². The van der Waals surface area contributed by atoms with Gasteiger partial charge in [0.25, 0.3) is 0 Å². The molecule has 66 valence electrons. The van der Waals surface area contributed by atoms with Gasteiger partial charge in [0.1, 0.15) is 4.34 Å². The van der Waals surface area contributed by atoms with E-state index in [9.17, 15) is 0 Å². The van der Waals surface area contributed by atoms with Gasteiger partial charge >= 0.3 is 0 Å². The third-order valence-corrected chi connectivity index (χ3v) is 5.19. The quantitative estimate of drug-likeness (QED) is 0.615. The zero-order valence-corrected chi connectivity index (χ0v) is 9.22. The Balaban J connectivity index is 1.83. The monoisotopic (exact) mass is 217 g/mol. The van der Waals surface area contributed by atoms with Crippen LogP contribution in [0.5, 0.6) is 0 Å². The summed E-state index contributed by atoms with van der Waals surface area (Å²) in [4.78, 5) is 4.24. The molecule has 0 aromatic carbocycles. The van der Waals surface area contributed by atoms with E-state index in [1.54, 1.807) is 11.3 Å². The van der Waals surface area contributed by atoms with Gasteiger partial charge in [0, 0.05) is 17.3 Å². The van der Waals surface area contributed by atoms with Crippen molar-refractivity contribution in [3.63, 3.8) is 0 Å². The molecule has 0 saturated heterocycles. The Bertz CT molecular complexity index is 241. The van der Waals surface area contributed by atoms with Crippen molar-refractivity contribution in [2.45, 2.75) is 17.2 Å². The molecule has 0 spiro atoms. The lowest BCUT2D eigenvalue weighted by Crippen LogP contribution is -2.05. The van der Waals surface area contributed by atoms with Crippen LogP contribution in [0.2, 0.25) is 0 Å². The van der Waals surface area contributed by atoms with Gasteiger partial charge in [0.05, 0.1) is 0 Å². The molecule has 1 nitrogen and oxygen atoms in total. The van der Waals surface area contributed by atoms with Crippen molar-refractivity contribution in [3.8, 4) is 0 Å². The summed E-state index contributed by atoms with van der Waals surface area (Å²) < 4.78 is 1.20. The fourth-order valence-corrected chi connectivity index (χ4v) is 3.53. The van der Waals surface area contributed by atoms with Crippen LogP contribution in [-0.2, 0) is 0 Å². The standard InChI is InChI=1S/C8H11NS3/c10-5-8(1-2-8)6-12-7-9-3-4-11-7/h3-4,10H,1-2,5-6H2. The van der Waals surface area contributed by atoms with Gasteiger partial charge in [-0.3, -0.25) is 0 Å². The summed E-state index contributed by atoms with van der Waals surface area (Å²) in [5.74, 6) is 2.23. The summed E-state index contributed by atoms with van der Waals surface area (Å²) >= 11 is 7.97. The van der Waals surface area contributed by atoms with Gasteiger partial charge in [-0.05, 0) is 24.0 Å². The maximum Gasteiger partial charge on any atom is 0.149 e. The van der Waals surface area contributed by atoms with E-state index >= 15 is 0 Å². The number of nitrogens with zero attached hydrogens (tertiary/aromatic N) is 1. The Hall–Kier alpha value is 0.330. The SMILES string of the molecule is SCC1(CSc2nccs2)CC1. The second-order valence-electron chi connectivity index (χ2n) is 3.24. The third kappa shape index (κ3) is 1.98. The molecule has 0 aliphatic heterocycles. The maximum absolute atomic E-state index is 4.36. The van der Waals surface area contributed by atoms with Crippen LogP contribution in [-0.4, -0.2) is 16.5 Å². The van der Waals surface area contributed by atoms with E-state index in [0.29, 0.717) is 5.41 Å². The minimum absolute atomic E-state index is 0.555. The third-order valence-electron chi connectivity index (χ3n) is 2.20. The van der Waals surface area contributed by atoms with Gasteiger partial charge in [-0.2, -0.15) is 12.6 Å². The summed E-state index contributed by atoms with van der Waals surface area (Å²) in [5.41, 5.74) is 0.555. The molecule has 0 amide bonds. The van der Waals surface area contributed by atoms with Crippen molar-refractivity contribution >= 4 is 35.7 Å². The minimum atomic E-state index is 0.555. The Kier molecular flexibility index (Phi) is 2.67. The van der Waals surface area contributed by atoms with Crippen molar-refractivity contribution in [2.24, 2.45) is 5.41 Å². The van der Waals surface area contributed by atoms with Gasteiger partial charge in [0.2, 0.25) is 0 Å². The Morgan fingerprint density at radius 1 is 1.67 bits per heavy atom. The van der Waals surface area contributed by atoms with Gasteiger partial charge in [-0.15, -0.1) is 11.3 Å². The Morgan fingerprint density at radius 2 is 2.50 bits per heavy atom. The largest absolute Gasteiger partial charge is 0.238 e. The summed E-state index contributed by atoms with van der Waals surface area (Å²) in [5, 5.41) is 2.03. The molecule has 2 rings (SSSR count). The lowest BCUT2D eigenvalue weighted by atomic mass is 10.2. The molecule has 1 heterocycles. The topological polar surface area (TPSA) is 12.9 Å². The highest BCUT2D eigenvalue weighted by Crippen LogP contribution is 2.49. The first-order valence-corrected chi connectivity index (χ1v) is 6.48. The summed E-state index contributed by atoms with van der Waals surface area (Å²) in [6.07, 6.45) is 4.58. The van der Waals surface area contributed by atoms with Crippen molar-refractivity contribution in [1.29, 1.82) is 0 Å². The fourth-order valence-electron chi connectivity index (χ4n) is 1.02. The molecular formula is C8H11NS3. The van der Waals surface area contributed by atoms with Gasteiger partial charge in [-0.25, -0.2) is 4.98 Å². The van der Waals surface area contributed by atoms with E-state index in [2.05, 4.69) is 17.6 Å². The smallest absolute Gasteiger partial charge is 0.149 e. The molecule has 12 heavy (non-hydrogen) atoms. The molecule has 0 atom stereocenters. The molecule has 1 aromatic heterocycles. The molecule has 0 N–H and O–H groups in total. The van der Waals surface area contributed by atoms with Gasteiger partial charge in [0.15, 0.2) is 0 Å². The summed E-state index contributed by atoms with van der Waals surface area (Å²) in [6, 6.07) is 0. The molecule has 4 heteroatoms. The normalized spacial score (nSPS) is 19.4. The molecular weight excluding hydrogens is 206 g/mol. The lowest BCUT2D eigenvalue weighted by molar-refractivity contribution is 0.683. The fraction of sp³-hybridized carbons (Fsp3) is 0.625. The first-order valence-electron chi connectivity index (χ1n) is 3.98. The second-order valence-corrected chi connectivity index (χ2v) is 5.68. The maximum atomic E-state index is 4.36. The van der Waals surface area contributed by atoms with E-state index in [0.717, 1.165) is 5.75 Å². The van der Waals surface area contributed by atoms with E-state index in [1.165, 1.54) is 22.9 Å². The highest BCUT2D eigenvalue weighted by molar-refractivity contribution is 8.01. The number of aromatic nitrogens is 1. The van der Waals surface area contributed by atoms with Crippen LogP contribution >= 0.6 is 35.7 Å². The summed E-state index contributed by atoms with van der Waals surface area (Å²) in [6.45, 7) is 0. The predicted molar refractivity (Wildman–Crippen MR) is 58.4 cm³/mol. The number of rotatable bonds is 4. The minimum Gasteiger partial charge on any atom is -0.238 e. The highest BCUT2D eigenvalue weighted by Gasteiger charge is 2.41. The van der Waals surface area contributed by atoms with Crippen molar-refractivity contribution in [3.05, 3.63) is 11.6 Å². The molecule has 1 saturated carbocycles. The lowest BCUT2D eigenvalue weighted by Gasteiger charge is -2.08. The van der Waals surface area contributed by atoms with E-state index < -0.39 is 0 Å². The van der Waals surface area contributed by atoms with E-state index in [4.69, 9.17) is 0 Å². The van der Waals surface area contributed by atoms with Crippen LogP contribution in [0.25, 0.3) is 0 Å². The van der Waals surface area contributed by atoms with Crippen molar-refractivity contribution in [2.75, 3.05) is 11.5 Å². The number of hydrogen-bond acceptors (Lipinski definition) is 4. The Labute approximate surface area is 86.4 Å². The molecule has 0 bridgehead atoms. The average Bonchev–Trinajstić information content (AvgIpc) is 2.70. The summed E-state index contributed by atoms with van der Waals surface area (Å²) in [7, 11) is 0. The Morgan fingerprint density at radius 3 is 3.00 bits per heavy atom. The van der Waals surface area contributed by atoms with Crippen molar-refractivity contribution < 1.29 is 0 Å². The zero-order chi connectivity index (χ0) is 8.44. The van der Waals surface area contributed by atoms with Crippen LogP contribution < -0.4 is 0 Å². The average molecular weight is 217 g/mol. The van der Waals surface area contributed by atoms with Crippen LogP contribution in [0.3, 0.4) is 0 Å². The molecule has 1 fully saturated rings. The number of hydrogen-bond donors (Lipinski definition) is 1. The first-order chi connectivity index (χ1) is 5.85. The van der Waals surface area contributed by atoms with Crippen molar-refractivity contribution in [1.82, 2.24) is 4.98 Å². The zero-order valence-electron chi connectivity index (χ0n) is 6.69. The van der Waals surface area contributed by atoms with Crippen LogP contribution in [0.1, 0.15) is 12.8 Å². The van der Waals surface area contributed by atoms with E-state index in [1.807, 2.05) is 23.3 Å². The van der Waals surface area contributed by atoms with E-state index in [-0.39, 0.29) is 0 Å². The number of thiol groups is 1. The van der Waals surface area contributed by atoms with Crippen LogP contribution in [0.4, 0.5) is 0 Å². The number of thiazole rings is 1. The predicted octanol–water partition coefficient (Wildman–Crippen LogP) is 2.95. The molecule has 1 aromatic rings. The van der Waals surface area contributed by atoms with Crippen LogP contribution in [0, 0.1) is 5.41 Å². The molecule has 0 unspecified atom stereocenters. The molecule has 1 aliphatic rings. The molecule has 1 aliphatic carbocycles.